The number of nitrogens with zero attached hydrogens (tertiary/aromatic N) is 2. The minimum absolute atomic E-state index is 0.0664. The number of aryl methyl sites for hydroxylation is 2. The van der Waals surface area contributed by atoms with Crippen molar-refractivity contribution in [3.05, 3.63) is 76.0 Å². The van der Waals surface area contributed by atoms with Gasteiger partial charge in [0.05, 0.1) is 17.2 Å². The molecular weight excluding hydrogens is 328 g/mol. The summed E-state index contributed by atoms with van der Waals surface area (Å²) in [5.41, 5.74) is 7.57. The molecule has 1 aliphatic rings. The molecule has 4 rings (SSSR count). The number of rotatable bonds is 2. The van der Waals surface area contributed by atoms with Crippen molar-refractivity contribution in [2.45, 2.75) is 39.9 Å². The number of hydrogen-bond acceptors (Lipinski definition) is 1. The fourth-order valence-corrected chi connectivity index (χ4v) is 4.05. The van der Waals surface area contributed by atoms with E-state index < -0.39 is 19.6 Å². The smallest absolute Gasteiger partial charge is 0.199 e. The van der Waals surface area contributed by atoms with Gasteiger partial charge >= 0.3 is 0 Å². The molecule has 3 aromatic rings. The van der Waals surface area contributed by atoms with Gasteiger partial charge in [0.15, 0.2) is 5.69 Å². The standard InChI is InChI=1S/C25H25N2/c1-15(2)19-11-17(4)27(5)24(12-19)25-16(3)9-10-21-20-8-6-7-18(14-26)22(20)13-23(21)25/h6-12,15H,13H2,1-5H3/q+1/i1D3,2D3,15D. The molecule has 1 aromatic heterocycles. The highest BCUT2D eigenvalue weighted by atomic mass is 14.9. The Morgan fingerprint density at radius 2 is 1.89 bits per heavy atom. The quantitative estimate of drug-likeness (QED) is 0.442. The number of fused-ring (bicyclic) bond motifs is 3. The zero-order valence-electron chi connectivity index (χ0n) is 22.6. The maximum absolute atomic E-state index is 9.60. The van der Waals surface area contributed by atoms with E-state index in [0.29, 0.717) is 23.4 Å². The van der Waals surface area contributed by atoms with Crippen molar-refractivity contribution in [2.24, 2.45) is 7.05 Å². The van der Waals surface area contributed by atoms with Crippen molar-refractivity contribution in [2.75, 3.05) is 0 Å². The molecule has 1 aliphatic carbocycles. The van der Waals surface area contributed by atoms with Crippen LogP contribution in [0, 0.1) is 25.2 Å². The molecule has 27 heavy (non-hydrogen) atoms. The first-order valence-corrected chi connectivity index (χ1v) is 8.88. The second kappa shape index (κ2) is 6.35. The normalized spacial score (nSPS) is 17.2. The minimum atomic E-state index is -3.06. The Kier molecular flexibility index (Phi) is 2.60. The maximum Gasteiger partial charge on any atom is 0.213 e. The summed E-state index contributed by atoms with van der Waals surface area (Å²) in [6.45, 7) is -2.40. The third kappa shape index (κ3) is 2.66. The first-order valence-electron chi connectivity index (χ1n) is 12.4. The van der Waals surface area contributed by atoms with Gasteiger partial charge in [-0.3, -0.25) is 0 Å². The van der Waals surface area contributed by atoms with Gasteiger partial charge in [-0.25, -0.2) is 0 Å². The summed E-state index contributed by atoms with van der Waals surface area (Å²) in [5, 5.41) is 9.60. The molecule has 0 atom stereocenters. The van der Waals surface area contributed by atoms with E-state index in [0.717, 1.165) is 33.4 Å². The zero-order chi connectivity index (χ0) is 25.2. The third-order valence-electron chi connectivity index (χ3n) is 5.55. The van der Waals surface area contributed by atoms with Crippen LogP contribution in [0.4, 0.5) is 0 Å². The van der Waals surface area contributed by atoms with Gasteiger partial charge in [-0.2, -0.15) is 9.83 Å². The Labute approximate surface area is 171 Å². The molecule has 134 valence electrons. The first-order chi connectivity index (χ1) is 15.7. The molecule has 0 N–H and O–H groups in total. The van der Waals surface area contributed by atoms with Crippen LogP contribution in [0.3, 0.4) is 0 Å². The molecule has 0 unspecified atom stereocenters. The zero-order valence-corrected chi connectivity index (χ0v) is 15.6. The highest BCUT2D eigenvalue weighted by Gasteiger charge is 2.28. The van der Waals surface area contributed by atoms with E-state index in [4.69, 9.17) is 9.60 Å². The number of nitriles is 1. The van der Waals surface area contributed by atoms with E-state index in [9.17, 15) is 5.26 Å². The summed E-state index contributed by atoms with van der Waals surface area (Å²) in [7, 11) is 1.84. The highest BCUT2D eigenvalue weighted by molar-refractivity contribution is 5.86. The van der Waals surface area contributed by atoms with Gasteiger partial charge in [0, 0.05) is 35.1 Å². The molecule has 0 saturated carbocycles. The number of benzene rings is 2. The molecule has 2 heteroatoms. The molecule has 2 aromatic carbocycles. The van der Waals surface area contributed by atoms with Gasteiger partial charge < -0.3 is 0 Å². The van der Waals surface area contributed by atoms with Gasteiger partial charge in [0.1, 0.15) is 7.05 Å². The minimum Gasteiger partial charge on any atom is -0.199 e. The predicted octanol–water partition coefficient (Wildman–Crippen LogP) is 5.36. The van der Waals surface area contributed by atoms with Crippen LogP contribution in [0.25, 0.3) is 22.4 Å². The lowest BCUT2D eigenvalue weighted by atomic mass is 9.92. The maximum atomic E-state index is 9.60. The van der Waals surface area contributed by atoms with E-state index >= 15 is 0 Å². The lowest BCUT2D eigenvalue weighted by molar-refractivity contribution is -0.666. The summed E-state index contributed by atoms with van der Waals surface area (Å²) >= 11 is 0. The van der Waals surface area contributed by atoms with Gasteiger partial charge in [-0.1, -0.05) is 38.0 Å². The Bertz CT molecular complexity index is 1350. The second-order valence-corrected chi connectivity index (χ2v) is 7.11. The van der Waals surface area contributed by atoms with Crippen LogP contribution < -0.4 is 4.57 Å². The molecule has 0 saturated heterocycles. The van der Waals surface area contributed by atoms with Crippen molar-refractivity contribution in [3.63, 3.8) is 0 Å². The van der Waals surface area contributed by atoms with Crippen molar-refractivity contribution in [1.82, 2.24) is 0 Å². The second-order valence-electron chi connectivity index (χ2n) is 7.11. The monoisotopic (exact) mass is 360 g/mol. The van der Waals surface area contributed by atoms with Crippen LogP contribution in [0.5, 0.6) is 0 Å². The van der Waals surface area contributed by atoms with Crippen LogP contribution in [0.15, 0.2) is 42.5 Å². The Balaban J connectivity index is 2.03. The van der Waals surface area contributed by atoms with Crippen LogP contribution in [-0.2, 0) is 13.5 Å². The summed E-state index contributed by atoms with van der Waals surface area (Å²) in [6, 6.07) is 14.9. The van der Waals surface area contributed by atoms with Crippen molar-refractivity contribution in [1.29, 1.82) is 5.26 Å². The van der Waals surface area contributed by atoms with Crippen molar-refractivity contribution < 1.29 is 14.2 Å². The van der Waals surface area contributed by atoms with Crippen LogP contribution >= 0.6 is 0 Å². The Morgan fingerprint density at radius 1 is 1.11 bits per heavy atom. The van der Waals surface area contributed by atoms with Gasteiger partial charge in [-0.15, -0.1) is 0 Å². The molecule has 0 radical (unpaired) electrons. The predicted molar refractivity (Wildman–Crippen MR) is 110 cm³/mol. The fraction of sp³-hybridized carbons (Fsp3) is 0.280. The SMILES string of the molecule is [2H]C([2H])([2H])C([2H])(c1cc(C)[n+](C)c(-c2c(C)ccc3c2Cc2c(C#N)cccc2-3)c1)C([2H])([2H])[2H]. The molecular formula is C25H25N2+. The Morgan fingerprint density at radius 3 is 2.63 bits per heavy atom. The Hall–Kier alpha value is -2.92. The van der Waals surface area contributed by atoms with E-state index in [1.165, 1.54) is 12.1 Å². The van der Waals surface area contributed by atoms with Gasteiger partial charge in [0.2, 0.25) is 5.69 Å². The molecule has 0 fully saturated rings. The van der Waals surface area contributed by atoms with Gasteiger partial charge in [0.25, 0.3) is 0 Å². The third-order valence-corrected chi connectivity index (χ3v) is 5.55. The first kappa shape index (κ1) is 11.0. The van der Waals surface area contributed by atoms with E-state index in [1.807, 2.05) is 42.8 Å². The summed E-state index contributed by atoms with van der Waals surface area (Å²) in [6.07, 6.45) is 0.541. The average molecular weight is 361 g/mol. The number of aromatic nitrogens is 1. The summed E-state index contributed by atoms with van der Waals surface area (Å²) in [5.74, 6) is -2.78. The molecule has 0 aliphatic heterocycles. The molecule has 2 nitrogen and oxygen atoms in total. The largest absolute Gasteiger partial charge is 0.213 e. The lowest BCUT2D eigenvalue weighted by Crippen LogP contribution is -2.35. The van der Waals surface area contributed by atoms with Crippen LogP contribution in [-0.4, -0.2) is 0 Å². The molecule has 0 bridgehead atoms. The average Bonchev–Trinajstić information content (AvgIpc) is 3.12. The molecule has 0 spiro atoms. The molecule has 1 heterocycles. The highest BCUT2D eigenvalue weighted by Crippen LogP contribution is 2.43. The summed E-state index contributed by atoms with van der Waals surface area (Å²) in [4.78, 5) is 0. The van der Waals surface area contributed by atoms with E-state index in [1.54, 1.807) is 13.0 Å². The van der Waals surface area contributed by atoms with Crippen LogP contribution in [0.2, 0.25) is 0 Å². The van der Waals surface area contributed by atoms with Gasteiger partial charge in [-0.05, 0) is 52.3 Å². The number of hydrogen-bond donors (Lipinski definition) is 0. The lowest BCUT2D eigenvalue weighted by Gasteiger charge is -2.14. The fourth-order valence-electron chi connectivity index (χ4n) is 4.05. The van der Waals surface area contributed by atoms with Crippen LogP contribution in [0.1, 0.15) is 62.7 Å². The van der Waals surface area contributed by atoms with E-state index in [2.05, 4.69) is 6.07 Å². The van der Waals surface area contributed by atoms with E-state index in [-0.39, 0.29) is 5.56 Å². The molecule has 0 amide bonds. The topological polar surface area (TPSA) is 27.7 Å². The van der Waals surface area contributed by atoms with Crippen molar-refractivity contribution in [3.8, 4) is 28.5 Å². The number of pyridine rings is 1. The van der Waals surface area contributed by atoms with Crippen molar-refractivity contribution >= 4 is 0 Å². The summed E-state index contributed by atoms with van der Waals surface area (Å²) < 4.78 is 58.1.